The fourth-order valence-corrected chi connectivity index (χ4v) is 4.24. The van der Waals surface area contributed by atoms with Gasteiger partial charge in [0.15, 0.2) is 12.1 Å². The zero-order valence-corrected chi connectivity index (χ0v) is 30.1. The van der Waals surface area contributed by atoms with Crippen molar-refractivity contribution in [2.45, 2.75) is 96.6 Å². The van der Waals surface area contributed by atoms with Crippen molar-refractivity contribution in [3.05, 3.63) is 97.2 Å². The van der Waals surface area contributed by atoms with Crippen molar-refractivity contribution in [3.8, 4) is 0 Å². The summed E-state index contributed by atoms with van der Waals surface area (Å²) in [5.74, 6) is -1.64. The third kappa shape index (κ3) is 28.5. The molecule has 0 saturated heterocycles. The van der Waals surface area contributed by atoms with Crippen molar-refractivity contribution in [2.24, 2.45) is 0 Å². The zero-order valence-electron chi connectivity index (χ0n) is 30.1. The van der Waals surface area contributed by atoms with Gasteiger partial charge in [-0.2, -0.15) is 0 Å². The Bertz CT molecular complexity index is 1100. The molecule has 0 aliphatic heterocycles. The summed E-state index contributed by atoms with van der Waals surface area (Å²) in [6, 6.07) is -0.634. The molecule has 0 bridgehead atoms. The number of unbranched alkanes of at least 4 members (excludes halogenated alkanes) is 3. The van der Waals surface area contributed by atoms with Gasteiger partial charge in [0.1, 0.15) is 6.61 Å². The lowest BCUT2D eigenvalue weighted by molar-refractivity contribution is -0.887. The van der Waals surface area contributed by atoms with Gasteiger partial charge in [-0.1, -0.05) is 117 Å². The van der Waals surface area contributed by atoms with Crippen LogP contribution in [0.2, 0.25) is 0 Å². The Morgan fingerprint density at radius 1 is 0.646 bits per heavy atom. The maximum absolute atomic E-state index is 12.5. The fourth-order valence-electron chi connectivity index (χ4n) is 4.24. The Morgan fingerprint density at radius 2 is 1.25 bits per heavy atom. The lowest BCUT2D eigenvalue weighted by Gasteiger charge is -2.31. The molecule has 0 aromatic heterocycles. The van der Waals surface area contributed by atoms with E-state index in [4.69, 9.17) is 14.2 Å². The van der Waals surface area contributed by atoms with Crippen LogP contribution in [0, 0.1) is 0 Å². The van der Waals surface area contributed by atoms with E-state index in [0.717, 1.165) is 38.5 Å². The lowest BCUT2D eigenvalue weighted by Crippen LogP contribution is -2.50. The van der Waals surface area contributed by atoms with Crippen LogP contribution in [0.15, 0.2) is 97.2 Å². The first-order chi connectivity index (χ1) is 23.1. The fraction of sp³-hybridized carbons (Fsp3) is 0.525. The molecule has 8 nitrogen and oxygen atoms in total. The second kappa shape index (κ2) is 30.6. The molecule has 0 spiro atoms. The van der Waals surface area contributed by atoms with Crippen LogP contribution in [-0.2, 0) is 28.6 Å². The van der Waals surface area contributed by atoms with Gasteiger partial charge in [-0.15, -0.1) is 0 Å². The number of aliphatic carboxylic acids is 1. The summed E-state index contributed by atoms with van der Waals surface area (Å²) in [5, 5.41) is 9.54. The average molecular weight is 669 g/mol. The van der Waals surface area contributed by atoms with E-state index in [2.05, 4.69) is 38.2 Å². The van der Waals surface area contributed by atoms with Crippen molar-refractivity contribution in [1.29, 1.82) is 0 Å². The number of carbonyl (C=O) groups is 3. The SMILES string of the molecule is CC/C=C/C=C/C=C/C=C/C=C/C=C/CCCCCC(=O)OCC(COCCC(C(=O)O)[N+](C)(C)C)OC(=O)CC/C=C/C/C=C/CC. The molecule has 0 aliphatic rings. The molecule has 0 aromatic rings. The summed E-state index contributed by atoms with van der Waals surface area (Å²) in [5.41, 5.74) is 0. The molecule has 0 fully saturated rings. The molecular formula is C40H62NO7+. The number of hydrogen-bond acceptors (Lipinski definition) is 6. The molecule has 8 heteroatoms. The predicted molar refractivity (Wildman–Crippen MR) is 196 cm³/mol. The second-order valence-electron chi connectivity index (χ2n) is 12.2. The number of allylic oxidation sites excluding steroid dienone is 16. The van der Waals surface area contributed by atoms with E-state index in [1.807, 2.05) is 94.1 Å². The highest BCUT2D eigenvalue weighted by atomic mass is 16.6. The zero-order chi connectivity index (χ0) is 35.7. The molecule has 0 saturated carbocycles. The van der Waals surface area contributed by atoms with Gasteiger partial charge in [0, 0.05) is 19.3 Å². The minimum Gasteiger partial charge on any atom is -0.477 e. The summed E-state index contributed by atoms with van der Waals surface area (Å²) in [7, 11) is 5.45. The topological polar surface area (TPSA) is 99.1 Å². The molecule has 0 heterocycles. The quantitative estimate of drug-likeness (QED) is 0.0294. The van der Waals surface area contributed by atoms with Crippen molar-refractivity contribution in [2.75, 3.05) is 41.0 Å². The molecule has 1 N–H and O–H groups in total. The number of quaternary nitrogens is 1. The highest BCUT2D eigenvalue weighted by Gasteiger charge is 2.31. The number of nitrogens with zero attached hydrogens (tertiary/aromatic N) is 1. The largest absolute Gasteiger partial charge is 0.477 e. The van der Waals surface area contributed by atoms with Crippen LogP contribution in [0.4, 0.5) is 0 Å². The minimum atomic E-state index is -0.898. The average Bonchev–Trinajstić information content (AvgIpc) is 3.03. The maximum Gasteiger partial charge on any atom is 0.362 e. The number of hydrogen-bond donors (Lipinski definition) is 1. The lowest BCUT2D eigenvalue weighted by atomic mass is 10.1. The molecule has 0 rings (SSSR count). The van der Waals surface area contributed by atoms with Gasteiger partial charge < -0.3 is 23.8 Å². The number of carboxylic acid groups (broad SMARTS) is 1. The van der Waals surface area contributed by atoms with Gasteiger partial charge in [-0.25, -0.2) is 4.79 Å². The highest BCUT2D eigenvalue weighted by Crippen LogP contribution is 2.10. The summed E-state index contributed by atoms with van der Waals surface area (Å²) >= 11 is 0. The van der Waals surface area contributed by atoms with Gasteiger partial charge in [0.25, 0.3) is 0 Å². The monoisotopic (exact) mass is 668 g/mol. The van der Waals surface area contributed by atoms with E-state index in [1.54, 1.807) is 0 Å². The molecule has 0 aliphatic carbocycles. The predicted octanol–water partition coefficient (Wildman–Crippen LogP) is 8.40. The van der Waals surface area contributed by atoms with Gasteiger partial charge in [0.2, 0.25) is 0 Å². The third-order valence-electron chi connectivity index (χ3n) is 6.90. The Balaban J connectivity index is 4.55. The van der Waals surface area contributed by atoms with Crippen molar-refractivity contribution < 1.29 is 38.2 Å². The summed E-state index contributed by atoms with van der Waals surface area (Å²) in [6.45, 7) is 4.27. The van der Waals surface area contributed by atoms with E-state index in [-0.39, 0.29) is 43.1 Å². The molecule has 268 valence electrons. The normalized spacial score (nSPS) is 14.3. The standard InChI is InChI=1S/C40H61NO7/c1-6-8-10-12-14-15-16-17-18-19-20-21-22-23-25-26-28-30-38(42)47-35-36(34-46-33-32-37(40(44)45)41(3,4)5)48-39(43)31-29-27-24-13-11-9-7-2/h8-12,14-22,24,27,36-37H,6-7,13,23,25-26,28-35H2,1-5H3/p+1/b10-8+,11-9+,14-12+,16-15+,18-17+,20-19+,22-21+,27-24+. The highest BCUT2D eigenvalue weighted by molar-refractivity contribution is 5.72. The summed E-state index contributed by atoms with van der Waals surface area (Å²) in [4.78, 5) is 36.5. The molecule has 2 atom stereocenters. The first-order valence-electron chi connectivity index (χ1n) is 17.4. The minimum absolute atomic E-state index is 0.0156. The number of likely N-dealkylation sites (N-methyl/N-ethyl adjacent to an activating group) is 1. The van der Waals surface area contributed by atoms with Crippen LogP contribution in [0.1, 0.15) is 84.5 Å². The summed E-state index contributed by atoms with van der Waals surface area (Å²) < 4.78 is 17.0. The number of esters is 2. The van der Waals surface area contributed by atoms with Crippen LogP contribution in [-0.4, -0.2) is 80.6 Å². The molecule has 0 aromatic carbocycles. The van der Waals surface area contributed by atoms with E-state index in [0.29, 0.717) is 19.3 Å². The van der Waals surface area contributed by atoms with Crippen LogP contribution in [0.25, 0.3) is 0 Å². The van der Waals surface area contributed by atoms with E-state index >= 15 is 0 Å². The molecular weight excluding hydrogens is 606 g/mol. The van der Waals surface area contributed by atoms with Gasteiger partial charge in [0.05, 0.1) is 34.4 Å². The van der Waals surface area contributed by atoms with E-state index in [9.17, 15) is 19.5 Å². The van der Waals surface area contributed by atoms with Crippen LogP contribution >= 0.6 is 0 Å². The number of ether oxygens (including phenoxy) is 3. The van der Waals surface area contributed by atoms with Crippen molar-refractivity contribution in [1.82, 2.24) is 0 Å². The number of carboxylic acids is 1. The van der Waals surface area contributed by atoms with Gasteiger partial charge in [-0.05, 0) is 44.9 Å². The van der Waals surface area contributed by atoms with Crippen molar-refractivity contribution >= 4 is 17.9 Å². The summed E-state index contributed by atoms with van der Waals surface area (Å²) in [6.07, 6.45) is 39.2. The van der Waals surface area contributed by atoms with Crippen LogP contribution in [0.3, 0.4) is 0 Å². The maximum atomic E-state index is 12.5. The molecule has 0 amide bonds. The van der Waals surface area contributed by atoms with Gasteiger partial charge in [-0.3, -0.25) is 9.59 Å². The van der Waals surface area contributed by atoms with Crippen molar-refractivity contribution in [3.63, 3.8) is 0 Å². The first-order valence-corrected chi connectivity index (χ1v) is 17.4. The third-order valence-corrected chi connectivity index (χ3v) is 6.90. The first kappa shape index (κ1) is 44.2. The van der Waals surface area contributed by atoms with E-state index < -0.39 is 24.1 Å². The molecule has 2 unspecified atom stereocenters. The second-order valence-corrected chi connectivity index (χ2v) is 12.2. The Morgan fingerprint density at radius 3 is 1.85 bits per heavy atom. The number of carbonyl (C=O) groups excluding carboxylic acids is 2. The number of rotatable bonds is 28. The smallest absolute Gasteiger partial charge is 0.362 e. The molecule has 48 heavy (non-hydrogen) atoms. The van der Waals surface area contributed by atoms with Gasteiger partial charge >= 0.3 is 17.9 Å². The van der Waals surface area contributed by atoms with Crippen LogP contribution < -0.4 is 0 Å². The van der Waals surface area contributed by atoms with Crippen LogP contribution in [0.5, 0.6) is 0 Å². The molecule has 0 radical (unpaired) electrons. The van der Waals surface area contributed by atoms with E-state index in [1.165, 1.54) is 0 Å². The Hall–Kier alpha value is -3.75. The Labute approximate surface area is 290 Å². The Kier molecular flexibility index (Phi) is 28.2.